The number of carboxylic acid groups (broad SMARTS) is 1. The summed E-state index contributed by atoms with van der Waals surface area (Å²) in [6.45, 7) is 2.19. The van der Waals surface area contributed by atoms with Crippen LogP contribution in [0.15, 0.2) is 12.2 Å². The predicted octanol–water partition coefficient (Wildman–Crippen LogP) is 4.21. The zero-order chi connectivity index (χ0) is 20.8. The smallest absolute Gasteiger partial charge is 0.304 e. The number of aliphatic carboxylic acids is 1. The predicted molar refractivity (Wildman–Crippen MR) is 115 cm³/mol. The van der Waals surface area contributed by atoms with Crippen LogP contribution >= 0.6 is 11.8 Å². The van der Waals surface area contributed by atoms with Crippen LogP contribution in [0.5, 0.6) is 0 Å². The Morgan fingerprint density at radius 3 is 2.75 bits per heavy atom. The first-order valence-electron chi connectivity index (χ1n) is 10.8. The van der Waals surface area contributed by atoms with Gasteiger partial charge in [0, 0.05) is 23.3 Å². The largest absolute Gasteiger partial charge is 0.481 e. The molecule has 0 saturated heterocycles. The third kappa shape index (κ3) is 10.6. The Kier molecular flexibility index (Phi) is 13.5. The van der Waals surface area contributed by atoms with E-state index in [4.69, 9.17) is 10.2 Å². The Morgan fingerprint density at radius 1 is 1.29 bits per heavy atom. The SMILES string of the molecule is CCCCC(O)CC=C[C@H]1CCC(=O)[C@@H]1CCCCC(CC(=O)O)SCCO. The quantitative estimate of drug-likeness (QED) is 0.259. The number of thioether (sulfide) groups is 1. The molecule has 0 aromatic rings. The average Bonchev–Trinajstić information content (AvgIpc) is 3.00. The van der Waals surface area contributed by atoms with Crippen molar-refractivity contribution in [3.63, 3.8) is 0 Å². The van der Waals surface area contributed by atoms with Gasteiger partial charge in [0.1, 0.15) is 5.78 Å². The number of carboxylic acids is 1. The van der Waals surface area contributed by atoms with Gasteiger partial charge in [0.05, 0.1) is 19.1 Å². The van der Waals surface area contributed by atoms with Crippen molar-refractivity contribution >= 4 is 23.5 Å². The lowest BCUT2D eigenvalue weighted by atomic mass is 9.89. The fourth-order valence-electron chi connectivity index (χ4n) is 3.90. The summed E-state index contributed by atoms with van der Waals surface area (Å²) in [6.07, 6.45) is 12.7. The summed E-state index contributed by atoms with van der Waals surface area (Å²) in [5.41, 5.74) is 0. The molecular weight excluding hydrogens is 376 g/mol. The Morgan fingerprint density at radius 2 is 2.07 bits per heavy atom. The summed E-state index contributed by atoms with van der Waals surface area (Å²) in [5, 5.41) is 27.9. The second-order valence-corrected chi connectivity index (χ2v) is 9.24. The van der Waals surface area contributed by atoms with Crippen LogP contribution < -0.4 is 0 Å². The van der Waals surface area contributed by atoms with Crippen LogP contribution in [0.25, 0.3) is 0 Å². The maximum Gasteiger partial charge on any atom is 0.304 e. The number of aliphatic hydroxyl groups is 2. The average molecular weight is 415 g/mol. The maximum absolute atomic E-state index is 12.2. The Hall–Kier alpha value is -0.850. The zero-order valence-electron chi connectivity index (χ0n) is 17.2. The number of aliphatic hydroxyl groups excluding tert-OH is 2. The lowest BCUT2D eigenvalue weighted by Crippen LogP contribution is -2.15. The molecule has 4 atom stereocenters. The van der Waals surface area contributed by atoms with Crippen molar-refractivity contribution in [1.29, 1.82) is 0 Å². The Bertz CT molecular complexity index is 480. The highest BCUT2D eigenvalue weighted by atomic mass is 32.2. The molecule has 0 radical (unpaired) electrons. The molecule has 1 aliphatic rings. The molecule has 3 N–H and O–H groups in total. The molecule has 1 saturated carbocycles. The lowest BCUT2D eigenvalue weighted by molar-refractivity contribution is -0.137. The van der Waals surface area contributed by atoms with Crippen LogP contribution in [-0.2, 0) is 9.59 Å². The summed E-state index contributed by atoms with van der Waals surface area (Å²) < 4.78 is 0. The van der Waals surface area contributed by atoms with E-state index in [1.165, 1.54) is 11.8 Å². The number of Topliss-reactive ketones (excluding diaryl/α,β-unsaturated/α-hetero) is 1. The van der Waals surface area contributed by atoms with E-state index >= 15 is 0 Å². The van der Waals surface area contributed by atoms with Crippen molar-refractivity contribution in [2.75, 3.05) is 12.4 Å². The molecule has 162 valence electrons. The van der Waals surface area contributed by atoms with Gasteiger partial charge < -0.3 is 15.3 Å². The maximum atomic E-state index is 12.2. The molecule has 0 spiro atoms. The summed E-state index contributed by atoms with van der Waals surface area (Å²) in [4.78, 5) is 23.2. The van der Waals surface area contributed by atoms with Crippen LogP contribution in [-0.4, -0.2) is 50.8 Å². The van der Waals surface area contributed by atoms with E-state index in [1.54, 1.807) is 0 Å². The van der Waals surface area contributed by atoms with Crippen LogP contribution in [0, 0.1) is 11.8 Å². The molecule has 1 rings (SSSR count). The molecule has 28 heavy (non-hydrogen) atoms. The molecule has 6 heteroatoms. The van der Waals surface area contributed by atoms with Gasteiger partial charge in [-0.3, -0.25) is 9.59 Å². The first-order valence-corrected chi connectivity index (χ1v) is 11.8. The number of unbranched alkanes of at least 4 members (excludes halogenated alkanes) is 2. The highest BCUT2D eigenvalue weighted by Gasteiger charge is 2.32. The Labute approximate surface area is 174 Å². The van der Waals surface area contributed by atoms with Gasteiger partial charge in [0.25, 0.3) is 0 Å². The highest BCUT2D eigenvalue weighted by molar-refractivity contribution is 7.99. The molecule has 0 bridgehead atoms. The molecule has 2 unspecified atom stereocenters. The number of hydrogen-bond acceptors (Lipinski definition) is 5. The Balaban J connectivity index is 2.37. The summed E-state index contributed by atoms with van der Waals surface area (Å²) in [6, 6.07) is 0. The number of carbonyl (C=O) groups excluding carboxylic acids is 1. The van der Waals surface area contributed by atoms with Crippen molar-refractivity contribution in [1.82, 2.24) is 0 Å². The number of hydrogen-bond donors (Lipinski definition) is 3. The third-order valence-corrected chi connectivity index (χ3v) is 6.77. The van der Waals surface area contributed by atoms with Crippen LogP contribution in [0.3, 0.4) is 0 Å². The molecule has 0 heterocycles. The van der Waals surface area contributed by atoms with E-state index in [-0.39, 0.29) is 36.2 Å². The molecule has 5 nitrogen and oxygen atoms in total. The van der Waals surface area contributed by atoms with E-state index in [9.17, 15) is 14.7 Å². The van der Waals surface area contributed by atoms with Crippen molar-refractivity contribution in [2.24, 2.45) is 11.8 Å². The van der Waals surface area contributed by atoms with Gasteiger partial charge >= 0.3 is 5.97 Å². The molecule has 0 amide bonds. The van der Waals surface area contributed by atoms with Gasteiger partial charge in [-0.25, -0.2) is 0 Å². The number of allylic oxidation sites excluding steroid dienone is 1. The molecular formula is C22H38O5S. The van der Waals surface area contributed by atoms with Gasteiger partial charge in [-0.15, -0.1) is 0 Å². The van der Waals surface area contributed by atoms with E-state index in [1.807, 2.05) is 6.08 Å². The van der Waals surface area contributed by atoms with Gasteiger partial charge in [-0.05, 0) is 38.0 Å². The van der Waals surface area contributed by atoms with Gasteiger partial charge in [-0.1, -0.05) is 44.8 Å². The minimum absolute atomic E-state index is 0.0317. The summed E-state index contributed by atoms with van der Waals surface area (Å²) in [7, 11) is 0. The van der Waals surface area contributed by atoms with E-state index in [0.717, 1.165) is 51.4 Å². The first-order chi connectivity index (χ1) is 13.5. The van der Waals surface area contributed by atoms with Gasteiger partial charge in [0.2, 0.25) is 0 Å². The number of carbonyl (C=O) groups is 2. The van der Waals surface area contributed by atoms with Gasteiger partial charge in [0.15, 0.2) is 0 Å². The van der Waals surface area contributed by atoms with Crippen molar-refractivity contribution in [3.05, 3.63) is 12.2 Å². The molecule has 1 fully saturated rings. The minimum Gasteiger partial charge on any atom is -0.481 e. The topological polar surface area (TPSA) is 94.8 Å². The number of ketones is 1. The third-order valence-electron chi connectivity index (χ3n) is 5.48. The van der Waals surface area contributed by atoms with Crippen molar-refractivity contribution in [3.8, 4) is 0 Å². The van der Waals surface area contributed by atoms with Crippen molar-refractivity contribution in [2.45, 2.75) is 88.9 Å². The van der Waals surface area contributed by atoms with Crippen LogP contribution in [0.4, 0.5) is 0 Å². The second kappa shape index (κ2) is 15.1. The number of rotatable bonds is 16. The minimum atomic E-state index is -0.798. The van der Waals surface area contributed by atoms with Gasteiger partial charge in [-0.2, -0.15) is 11.8 Å². The normalized spacial score (nSPS) is 22.0. The van der Waals surface area contributed by atoms with Crippen LogP contribution in [0.1, 0.15) is 77.6 Å². The molecule has 0 aliphatic heterocycles. The lowest BCUT2D eigenvalue weighted by Gasteiger charge is -2.17. The standard InChI is InChI=1S/C22H38O5S/c1-2-3-8-18(24)9-6-7-17-12-13-21(25)20(17)11-5-4-10-19(16-22(26)27)28-15-14-23/h6-7,17-20,23-24H,2-5,8-16H2,1H3,(H,26,27)/t17-,18?,19?,20+/m0/s1. The van der Waals surface area contributed by atoms with E-state index in [2.05, 4.69) is 13.0 Å². The first kappa shape index (κ1) is 25.2. The molecule has 1 aliphatic carbocycles. The van der Waals surface area contributed by atoms with E-state index < -0.39 is 5.97 Å². The second-order valence-electron chi connectivity index (χ2n) is 7.83. The van der Waals surface area contributed by atoms with Crippen molar-refractivity contribution < 1.29 is 24.9 Å². The molecule has 0 aromatic heterocycles. The summed E-state index contributed by atoms with van der Waals surface area (Å²) >= 11 is 1.52. The fourth-order valence-corrected chi connectivity index (χ4v) is 4.93. The van der Waals surface area contributed by atoms with E-state index in [0.29, 0.717) is 24.4 Å². The molecule has 0 aromatic carbocycles. The monoisotopic (exact) mass is 414 g/mol. The zero-order valence-corrected chi connectivity index (χ0v) is 18.0. The van der Waals surface area contributed by atoms with Crippen LogP contribution in [0.2, 0.25) is 0 Å². The summed E-state index contributed by atoms with van der Waals surface area (Å²) in [5.74, 6) is 0.470. The fraction of sp³-hybridized carbons (Fsp3) is 0.818. The highest BCUT2D eigenvalue weighted by Crippen LogP contribution is 2.34.